The van der Waals surface area contributed by atoms with Gasteiger partial charge >= 0.3 is 0 Å². The minimum atomic E-state index is -0.330. The predicted octanol–water partition coefficient (Wildman–Crippen LogP) is 2.51. The summed E-state index contributed by atoms with van der Waals surface area (Å²) in [5.41, 5.74) is -0.330. The highest BCUT2D eigenvalue weighted by molar-refractivity contribution is 5.88. The van der Waals surface area contributed by atoms with E-state index in [0.717, 1.165) is 25.2 Å². The summed E-state index contributed by atoms with van der Waals surface area (Å²) in [4.78, 5) is 14.7. The van der Waals surface area contributed by atoms with Gasteiger partial charge in [-0.3, -0.25) is 10.1 Å². The van der Waals surface area contributed by atoms with Crippen LogP contribution in [0.3, 0.4) is 0 Å². The van der Waals surface area contributed by atoms with Crippen LogP contribution < -0.4 is 5.32 Å². The molecule has 1 heterocycles. The van der Waals surface area contributed by atoms with E-state index in [2.05, 4.69) is 37.9 Å². The molecule has 2 fully saturated rings. The summed E-state index contributed by atoms with van der Waals surface area (Å²) in [6.45, 7) is 8.56. The van der Waals surface area contributed by atoms with Crippen molar-refractivity contribution in [1.82, 2.24) is 10.2 Å². The first-order valence-corrected chi connectivity index (χ1v) is 7.14. The van der Waals surface area contributed by atoms with Gasteiger partial charge < -0.3 is 4.90 Å². The lowest BCUT2D eigenvalue weighted by molar-refractivity contribution is -0.135. The van der Waals surface area contributed by atoms with Crippen LogP contribution in [0.2, 0.25) is 0 Å². The van der Waals surface area contributed by atoms with Gasteiger partial charge in [-0.1, -0.05) is 20.3 Å². The molecule has 98 valence electrons. The topological polar surface area (TPSA) is 32.3 Å². The molecular formula is C14H26N2O. The zero-order valence-electron chi connectivity index (χ0n) is 11.6. The van der Waals surface area contributed by atoms with Crippen LogP contribution in [0.4, 0.5) is 0 Å². The van der Waals surface area contributed by atoms with Crippen LogP contribution in [0.15, 0.2) is 0 Å². The molecule has 2 aliphatic rings. The number of nitrogens with one attached hydrogen (secondary N) is 1. The van der Waals surface area contributed by atoms with Crippen LogP contribution in [0.5, 0.6) is 0 Å². The van der Waals surface area contributed by atoms with Crippen LogP contribution in [0.25, 0.3) is 0 Å². The molecule has 0 radical (unpaired) electrons. The molecule has 0 aromatic carbocycles. The number of hydrogen-bond donors (Lipinski definition) is 1. The van der Waals surface area contributed by atoms with Crippen molar-refractivity contribution in [2.45, 2.75) is 77.5 Å². The molecule has 3 heteroatoms. The summed E-state index contributed by atoms with van der Waals surface area (Å²) in [6, 6.07) is 0.417. The maximum atomic E-state index is 12.6. The zero-order chi connectivity index (χ0) is 12.6. The number of carbonyl (C=O) groups excluding carboxylic acids is 1. The third-order valence-electron chi connectivity index (χ3n) is 4.54. The Morgan fingerprint density at radius 3 is 2.59 bits per heavy atom. The second-order valence-electron chi connectivity index (χ2n) is 5.92. The Balaban J connectivity index is 2.16. The molecule has 1 amide bonds. The van der Waals surface area contributed by atoms with Gasteiger partial charge in [-0.05, 0) is 45.4 Å². The van der Waals surface area contributed by atoms with Crippen LogP contribution >= 0.6 is 0 Å². The highest BCUT2D eigenvalue weighted by Crippen LogP contribution is 2.39. The Labute approximate surface area is 105 Å². The predicted molar refractivity (Wildman–Crippen MR) is 69.6 cm³/mol. The molecule has 17 heavy (non-hydrogen) atoms. The first-order valence-electron chi connectivity index (χ1n) is 7.14. The highest BCUT2D eigenvalue weighted by Gasteiger charge is 2.50. The van der Waals surface area contributed by atoms with Crippen molar-refractivity contribution in [1.29, 1.82) is 0 Å². The van der Waals surface area contributed by atoms with Gasteiger partial charge in [0.05, 0.1) is 11.7 Å². The van der Waals surface area contributed by atoms with E-state index in [-0.39, 0.29) is 11.7 Å². The molecule has 1 aliphatic heterocycles. The van der Waals surface area contributed by atoms with Gasteiger partial charge in [-0.25, -0.2) is 0 Å². The number of rotatable bonds is 5. The Bertz CT molecular complexity index is 301. The number of amides is 1. The van der Waals surface area contributed by atoms with E-state index < -0.39 is 0 Å². The maximum Gasteiger partial charge on any atom is 0.244 e. The lowest BCUT2D eigenvalue weighted by Gasteiger charge is -2.30. The van der Waals surface area contributed by atoms with Gasteiger partial charge in [0.15, 0.2) is 0 Å². The van der Waals surface area contributed by atoms with Crippen molar-refractivity contribution < 1.29 is 4.79 Å². The van der Waals surface area contributed by atoms with Gasteiger partial charge in [0, 0.05) is 6.04 Å². The molecule has 0 aromatic rings. The molecule has 1 N–H and O–H groups in total. The zero-order valence-corrected chi connectivity index (χ0v) is 11.6. The fourth-order valence-corrected chi connectivity index (χ4v) is 2.94. The summed E-state index contributed by atoms with van der Waals surface area (Å²) >= 11 is 0. The first kappa shape index (κ1) is 12.9. The van der Waals surface area contributed by atoms with Crippen molar-refractivity contribution in [3.8, 4) is 0 Å². The van der Waals surface area contributed by atoms with Gasteiger partial charge in [0.2, 0.25) is 5.91 Å². The summed E-state index contributed by atoms with van der Waals surface area (Å²) in [7, 11) is 0. The largest absolute Gasteiger partial charge is 0.323 e. The Hall–Kier alpha value is -0.570. The molecule has 2 rings (SSSR count). The van der Waals surface area contributed by atoms with Crippen molar-refractivity contribution in [3.05, 3.63) is 0 Å². The van der Waals surface area contributed by atoms with E-state index in [1.165, 1.54) is 12.8 Å². The average Bonchev–Trinajstić information content (AvgIpc) is 3.09. The summed E-state index contributed by atoms with van der Waals surface area (Å²) in [5, 5.41) is 3.56. The number of nitrogens with zero attached hydrogens (tertiary/aromatic N) is 1. The Kier molecular flexibility index (Phi) is 3.48. The minimum absolute atomic E-state index is 0.257. The quantitative estimate of drug-likeness (QED) is 0.798. The maximum absolute atomic E-state index is 12.6. The van der Waals surface area contributed by atoms with E-state index in [1.54, 1.807) is 0 Å². The molecule has 1 aliphatic carbocycles. The molecule has 3 nitrogen and oxygen atoms in total. The van der Waals surface area contributed by atoms with E-state index >= 15 is 0 Å². The molecule has 0 aromatic heterocycles. The smallest absolute Gasteiger partial charge is 0.244 e. The lowest BCUT2D eigenvalue weighted by Crippen LogP contribution is -2.45. The highest BCUT2D eigenvalue weighted by atomic mass is 16.2. The second kappa shape index (κ2) is 4.60. The Morgan fingerprint density at radius 2 is 2.12 bits per heavy atom. The molecule has 1 saturated heterocycles. The van der Waals surface area contributed by atoms with E-state index in [1.807, 2.05) is 0 Å². The van der Waals surface area contributed by atoms with Crippen molar-refractivity contribution >= 4 is 5.91 Å². The van der Waals surface area contributed by atoms with Gasteiger partial charge in [-0.15, -0.1) is 0 Å². The lowest BCUT2D eigenvalue weighted by atomic mass is 9.99. The normalized spacial score (nSPS) is 35.4. The second-order valence-corrected chi connectivity index (χ2v) is 5.92. The number of carbonyl (C=O) groups is 1. The fraction of sp³-hybridized carbons (Fsp3) is 0.929. The van der Waals surface area contributed by atoms with Crippen molar-refractivity contribution in [3.63, 3.8) is 0 Å². The molecule has 1 saturated carbocycles. The fourth-order valence-electron chi connectivity index (χ4n) is 2.94. The monoisotopic (exact) mass is 238 g/mol. The molecule has 0 spiro atoms. The van der Waals surface area contributed by atoms with Gasteiger partial charge in [-0.2, -0.15) is 0 Å². The number of hydrogen-bond acceptors (Lipinski definition) is 2. The van der Waals surface area contributed by atoms with Crippen molar-refractivity contribution in [2.75, 3.05) is 0 Å². The average molecular weight is 238 g/mol. The van der Waals surface area contributed by atoms with Gasteiger partial charge in [0.1, 0.15) is 0 Å². The Morgan fingerprint density at radius 1 is 1.47 bits per heavy atom. The summed E-state index contributed by atoms with van der Waals surface area (Å²) in [5.74, 6) is 1.07. The molecule has 3 atom stereocenters. The van der Waals surface area contributed by atoms with Crippen LogP contribution in [-0.4, -0.2) is 28.6 Å². The first-order chi connectivity index (χ1) is 8.03. The van der Waals surface area contributed by atoms with E-state index in [0.29, 0.717) is 11.9 Å². The van der Waals surface area contributed by atoms with Gasteiger partial charge in [0.25, 0.3) is 0 Å². The third-order valence-corrected chi connectivity index (χ3v) is 4.54. The molecule has 3 unspecified atom stereocenters. The third kappa shape index (κ3) is 2.22. The van der Waals surface area contributed by atoms with Crippen LogP contribution in [0.1, 0.15) is 59.8 Å². The summed E-state index contributed by atoms with van der Waals surface area (Å²) < 4.78 is 0. The van der Waals surface area contributed by atoms with Crippen LogP contribution in [-0.2, 0) is 4.79 Å². The van der Waals surface area contributed by atoms with E-state index in [9.17, 15) is 4.79 Å². The minimum Gasteiger partial charge on any atom is -0.323 e. The van der Waals surface area contributed by atoms with Crippen molar-refractivity contribution in [2.24, 2.45) is 5.92 Å². The van der Waals surface area contributed by atoms with Crippen LogP contribution in [0, 0.1) is 5.92 Å². The summed E-state index contributed by atoms with van der Waals surface area (Å²) in [6.07, 6.45) is 5.92. The molecular weight excluding hydrogens is 212 g/mol. The van der Waals surface area contributed by atoms with E-state index in [4.69, 9.17) is 0 Å². The molecule has 0 bridgehead atoms. The standard InChI is InChI=1S/C14H26N2O/c1-5-7-12-15-14(4,6-2)13(17)16(12)10(3)11-8-9-11/h10-12,15H,5-9H2,1-4H3. The SMILES string of the molecule is CCCC1NC(C)(CC)C(=O)N1C(C)C1CC1.